The molecule has 7 nitrogen and oxygen atoms in total. The maximum Gasteiger partial charge on any atom is 0.265 e. The molecule has 2 heterocycles. The molecule has 5 aromatic rings. The Labute approximate surface area is 223 Å². The highest BCUT2D eigenvalue weighted by Gasteiger charge is 2.34. The number of fused-ring (bicyclic) bond motifs is 1. The second-order valence-electron chi connectivity index (χ2n) is 8.78. The average molecular weight is 512 g/mol. The average Bonchev–Trinajstić information content (AvgIpc) is 2.98. The molecule has 0 spiro atoms. The van der Waals surface area contributed by atoms with Gasteiger partial charge in [-0.15, -0.1) is 0 Å². The van der Waals surface area contributed by atoms with E-state index < -0.39 is 11.7 Å². The molecule has 0 radical (unpaired) electrons. The molecule has 1 aromatic heterocycles. The number of aromatic hydroxyl groups is 1. The van der Waals surface area contributed by atoms with E-state index >= 15 is 0 Å². The Bertz CT molecular complexity index is 1780. The van der Waals surface area contributed by atoms with Gasteiger partial charge < -0.3 is 9.84 Å². The molecule has 188 valence electrons. The normalized spacial score (nSPS) is 14.5. The molecule has 0 saturated heterocycles. The van der Waals surface area contributed by atoms with Gasteiger partial charge in [-0.05, 0) is 17.7 Å². The summed E-state index contributed by atoms with van der Waals surface area (Å²) >= 11 is 0. The van der Waals surface area contributed by atoms with Crippen LogP contribution in [0.2, 0.25) is 0 Å². The van der Waals surface area contributed by atoms with Gasteiger partial charge in [0.15, 0.2) is 5.76 Å². The van der Waals surface area contributed by atoms with Crippen LogP contribution < -0.4 is 5.32 Å². The summed E-state index contributed by atoms with van der Waals surface area (Å²) in [6.07, 6.45) is 0. The first-order valence-corrected chi connectivity index (χ1v) is 12.2. The number of hydrogen-bond donors (Lipinski definition) is 2. The molecule has 2 N–H and O–H groups in total. The number of Topliss-reactive ketones (excluding diaryl/α,β-unsaturated/α-hetero) is 1. The highest BCUT2D eigenvalue weighted by atomic mass is 16.5. The molecule has 1 aliphatic rings. The quantitative estimate of drug-likeness (QED) is 0.239. The Morgan fingerprint density at radius 1 is 0.692 bits per heavy atom. The Balaban J connectivity index is 1.60. The van der Waals surface area contributed by atoms with Crippen LogP contribution in [0.3, 0.4) is 0 Å². The lowest BCUT2D eigenvalue weighted by Gasteiger charge is -2.25. The number of nitrogens with zero attached hydrogens (tertiary/aromatic N) is 2. The molecule has 39 heavy (non-hydrogen) atoms. The first-order valence-electron chi connectivity index (χ1n) is 12.2. The van der Waals surface area contributed by atoms with Gasteiger partial charge in [-0.1, -0.05) is 103 Å². The van der Waals surface area contributed by atoms with Crippen molar-refractivity contribution in [1.82, 2.24) is 15.3 Å². The van der Waals surface area contributed by atoms with Gasteiger partial charge in [0.1, 0.15) is 11.3 Å². The number of hydrogen-bond acceptors (Lipinski definition) is 6. The Hall–Kier alpha value is -5.56. The van der Waals surface area contributed by atoms with Gasteiger partial charge >= 0.3 is 0 Å². The van der Waals surface area contributed by atoms with Crippen molar-refractivity contribution < 1.29 is 19.4 Å². The smallest absolute Gasteiger partial charge is 0.265 e. The minimum atomic E-state index is -0.634. The van der Waals surface area contributed by atoms with E-state index in [1.807, 2.05) is 42.5 Å². The minimum Gasteiger partial charge on any atom is -0.492 e. The molecule has 0 saturated carbocycles. The Morgan fingerprint density at radius 3 is 1.87 bits per heavy atom. The highest BCUT2D eigenvalue weighted by Crippen LogP contribution is 2.36. The largest absolute Gasteiger partial charge is 0.492 e. The number of ketones is 1. The summed E-state index contributed by atoms with van der Waals surface area (Å²) in [5, 5.41) is 13.7. The predicted octanol–water partition coefficient (Wildman–Crippen LogP) is 5.49. The molecule has 0 aliphatic carbocycles. The van der Waals surface area contributed by atoms with E-state index in [2.05, 4.69) is 15.3 Å². The molecule has 1 amide bonds. The van der Waals surface area contributed by atoms with E-state index in [4.69, 9.17) is 4.74 Å². The van der Waals surface area contributed by atoms with E-state index in [-0.39, 0.29) is 28.8 Å². The van der Waals surface area contributed by atoms with E-state index in [1.54, 1.807) is 72.8 Å². The fraction of sp³-hybridized carbons (Fsp3) is 0. The molecule has 0 unspecified atom stereocenters. The first-order chi connectivity index (χ1) is 19.1. The lowest BCUT2D eigenvalue weighted by atomic mass is 9.96. The van der Waals surface area contributed by atoms with Crippen LogP contribution in [-0.4, -0.2) is 26.8 Å². The number of rotatable bonds is 5. The van der Waals surface area contributed by atoms with Gasteiger partial charge in [-0.2, -0.15) is 0 Å². The second kappa shape index (κ2) is 10.1. The van der Waals surface area contributed by atoms with Crippen LogP contribution in [0.25, 0.3) is 22.4 Å². The summed E-state index contributed by atoms with van der Waals surface area (Å²) in [6.45, 7) is 0. The highest BCUT2D eigenvalue weighted by molar-refractivity contribution is 6.30. The number of ether oxygens (including phenoxy) is 1. The third-order valence-corrected chi connectivity index (χ3v) is 6.26. The molecule has 6 rings (SSSR count). The molecule has 0 fully saturated rings. The minimum absolute atomic E-state index is 0.0227. The molecule has 0 bridgehead atoms. The number of para-hydroxylation sites is 2. The van der Waals surface area contributed by atoms with Crippen LogP contribution in [-0.2, 0) is 9.53 Å². The van der Waals surface area contributed by atoms with Gasteiger partial charge in [0.25, 0.3) is 5.91 Å². The van der Waals surface area contributed by atoms with Gasteiger partial charge in [0.05, 0.1) is 16.6 Å². The van der Waals surface area contributed by atoms with E-state index in [0.29, 0.717) is 33.3 Å². The van der Waals surface area contributed by atoms with Crippen molar-refractivity contribution in [2.45, 2.75) is 0 Å². The van der Waals surface area contributed by atoms with Crippen molar-refractivity contribution >= 4 is 34.1 Å². The molecule has 7 heteroatoms. The standard InChI is InChI=1S/C32H21N3O4/c36-28(21-14-6-2-7-15-21)26-29(22-16-8-3-9-17-22)39-32(35-30(26)37)25(20-12-4-1-5-13-20)27-31(38)34-24-19-11-10-18-23(24)33-27/h1-19H,(H,34,38)(H,35,37)/b32-25+. The monoisotopic (exact) mass is 511 g/mol. The number of benzene rings is 4. The van der Waals surface area contributed by atoms with Crippen molar-refractivity contribution in [1.29, 1.82) is 0 Å². The third kappa shape index (κ3) is 4.53. The van der Waals surface area contributed by atoms with E-state index in [9.17, 15) is 14.7 Å². The number of aromatic nitrogens is 2. The fourth-order valence-corrected chi connectivity index (χ4v) is 4.43. The summed E-state index contributed by atoms with van der Waals surface area (Å²) in [4.78, 5) is 36.2. The van der Waals surface area contributed by atoms with E-state index in [0.717, 1.165) is 0 Å². The van der Waals surface area contributed by atoms with Crippen molar-refractivity contribution in [2.24, 2.45) is 0 Å². The zero-order valence-corrected chi connectivity index (χ0v) is 20.5. The maximum absolute atomic E-state index is 13.7. The topological polar surface area (TPSA) is 101 Å². The molecule has 4 aromatic carbocycles. The van der Waals surface area contributed by atoms with Gasteiger partial charge in [-0.25, -0.2) is 9.97 Å². The number of carbonyl (C=O) groups is 2. The third-order valence-electron chi connectivity index (χ3n) is 6.26. The van der Waals surface area contributed by atoms with Crippen LogP contribution >= 0.6 is 0 Å². The van der Waals surface area contributed by atoms with Crippen LogP contribution in [0, 0.1) is 0 Å². The van der Waals surface area contributed by atoms with Gasteiger partial charge in [-0.3, -0.25) is 14.9 Å². The molecule has 1 aliphatic heterocycles. The summed E-state index contributed by atoms with van der Waals surface area (Å²) in [7, 11) is 0. The number of nitrogens with one attached hydrogen (secondary N) is 1. The summed E-state index contributed by atoms with van der Waals surface area (Å²) in [5.41, 5.74) is 2.92. The predicted molar refractivity (Wildman–Crippen MR) is 147 cm³/mol. The van der Waals surface area contributed by atoms with Crippen molar-refractivity contribution in [3.8, 4) is 5.88 Å². The lowest BCUT2D eigenvalue weighted by Crippen LogP contribution is -2.35. The summed E-state index contributed by atoms with van der Waals surface area (Å²) in [5.74, 6) is -1.31. The number of amides is 1. The van der Waals surface area contributed by atoms with Crippen LogP contribution in [0.5, 0.6) is 5.88 Å². The molecular weight excluding hydrogens is 490 g/mol. The van der Waals surface area contributed by atoms with E-state index in [1.165, 1.54) is 0 Å². The van der Waals surface area contributed by atoms with Crippen molar-refractivity contribution in [3.05, 3.63) is 149 Å². The van der Waals surface area contributed by atoms with Crippen LogP contribution in [0.1, 0.15) is 27.2 Å². The van der Waals surface area contributed by atoms with Crippen molar-refractivity contribution in [3.63, 3.8) is 0 Å². The zero-order chi connectivity index (χ0) is 26.8. The number of carbonyl (C=O) groups excluding carboxylic acids is 2. The zero-order valence-electron chi connectivity index (χ0n) is 20.5. The van der Waals surface area contributed by atoms with Crippen molar-refractivity contribution in [2.75, 3.05) is 0 Å². The molecular formula is C32H21N3O4. The second-order valence-corrected chi connectivity index (χ2v) is 8.78. The Morgan fingerprint density at radius 2 is 1.23 bits per heavy atom. The SMILES string of the molecule is O=C1N/C(=C(/c2ccccc2)c2nc3ccccc3nc2O)OC(c2ccccc2)=C1C(=O)c1ccccc1. The van der Waals surface area contributed by atoms with Crippen LogP contribution in [0.4, 0.5) is 0 Å². The van der Waals surface area contributed by atoms with Gasteiger partial charge in [0.2, 0.25) is 17.5 Å². The maximum atomic E-state index is 13.7. The summed E-state index contributed by atoms with van der Waals surface area (Å²) < 4.78 is 6.36. The molecule has 0 atom stereocenters. The van der Waals surface area contributed by atoms with Crippen LogP contribution in [0.15, 0.2) is 127 Å². The fourth-order valence-electron chi connectivity index (χ4n) is 4.43. The van der Waals surface area contributed by atoms with Gasteiger partial charge in [0, 0.05) is 11.1 Å². The Kier molecular flexibility index (Phi) is 6.15. The summed E-state index contributed by atoms with van der Waals surface area (Å²) in [6, 6.07) is 33.8. The first kappa shape index (κ1) is 23.8. The lowest BCUT2D eigenvalue weighted by molar-refractivity contribution is -0.117.